The predicted molar refractivity (Wildman–Crippen MR) is 82.4 cm³/mol. The average Bonchev–Trinajstić information content (AvgIpc) is 3.18. The second kappa shape index (κ2) is 3.72. The van der Waals surface area contributed by atoms with E-state index in [2.05, 4.69) is 20.8 Å². The number of hydrogen-bond acceptors (Lipinski definition) is 2. The highest BCUT2D eigenvalue weighted by molar-refractivity contribution is 7.89. The molecule has 3 fully saturated rings. The summed E-state index contributed by atoms with van der Waals surface area (Å²) in [5.74, 6) is 1.42. The largest absolute Gasteiger partial charge is 0.243 e. The molecular formula is C17H23NO2S. The van der Waals surface area contributed by atoms with Gasteiger partial charge in [0.1, 0.15) is 0 Å². The second-order valence-corrected chi connectivity index (χ2v) is 9.78. The van der Waals surface area contributed by atoms with Crippen molar-refractivity contribution in [2.75, 3.05) is 0 Å². The molecule has 3 aliphatic rings. The van der Waals surface area contributed by atoms with Crippen LogP contribution in [0, 0.1) is 24.2 Å². The predicted octanol–water partition coefficient (Wildman–Crippen LogP) is 3.19. The third-order valence-electron chi connectivity index (χ3n) is 6.41. The number of sulfonamides is 1. The van der Waals surface area contributed by atoms with E-state index in [1.54, 1.807) is 16.4 Å². The van der Waals surface area contributed by atoms with Crippen LogP contribution in [0.1, 0.15) is 39.2 Å². The fourth-order valence-corrected chi connectivity index (χ4v) is 6.78. The zero-order valence-electron chi connectivity index (χ0n) is 13.1. The third-order valence-corrected chi connectivity index (χ3v) is 8.47. The highest BCUT2D eigenvalue weighted by Crippen LogP contribution is 2.72. The molecule has 2 saturated carbocycles. The highest BCUT2D eigenvalue weighted by Gasteiger charge is 2.75. The van der Waals surface area contributed by atoms with Crippen molar-refractivity contribution >= 4 is 10.0 Å². The van der Waals surface area contributed by atoms with Crippen LogP contribution in [0.3, 0.4) is 0 Å². The van der Waals surface area contributed by atoms with Gasteiger partial charge in [-0.25, -0.2) is 8.42 Å². The summed E-state index contributed by atoms with van der Waals surface area (Å²) in [6, 6.07) is 7.45. The summed E-state index contributed by atoms with van der Waals surface area (Å²) in [5.41, 5.74) is 1.38. The lowest BCUT2D eigenvalue weighted by atomic mass is 9.91. The van der Waals surface area contributed by atoms with Crippen molar-refractivity contribution in [2.24, 2.45) is 17.3 Å². The fraction of sp³-hybridized carbons (Fsp3) is 0.647. The van der Waals surface area contributed by atoms with Crippen LogP contribution in [0.4, 0.5) is 0 Å². The number of benzene rings is 1. The Balaban J connectivity index is 1.63. The average molecular weight is 305 g/mol. The van der Waals surface area contributed by atoms with Gasteiger partial charge >= 0.3 is 0 Å². The number of hydrogen-bond donors (Lipinski definition) is 0. The van der Waals surface area contributed by atoms with Crippen molar-refractivity contribution in [3.05, 3.63) is 29.8 Å². The SMILES string of the molecule is Cc1ccc(S(=O)(=O)N2[C@H]3C[C@@H]4[C@H](C[C@]32C)C4(C)C)cc1. The maximum atomic E-state index is 12.9. The van der Waals surface area contributed by atoms with Crippen LogP contribution < -0.4 is 0 Å². The standard InChI is InChI=1S/C17H23NO2S/c1-11-5-7-12(8-6-11)21(19,20)18-15-9-13-14(16(13,2)3)10-17(15,18)4/h5-8,13-15H,9-10H2,1-4H3/t13-,14+,15+,17-,18?/m1/s1. The van der Waals surface area contributed by atoms with Gasteiger partial charge in [0.05, 0.1) is 10.4 Å². The van der Waals surface area contributed by atoms with Gasteiger partial charge in [0.25, 0.3) is 0 Å². The molecule has 1 unspecified atom stereocenters. The van der Waals surface area contributed by atoms with E-state index in [0.29, 0.717) is 22.1 Å². The Kier molecular flexibility index (Phi) is 2.44. The van der Waals surface area contributed by atoms with E-state index in [1.165, 1.54) is 0 Å². The van der Waals surface area contributed by atoms with Crippen LogP contribution in [0.5, 0.6) is 0 Å². The molecule has 0 aromatic heterocycles. The first kappa shape index (κ1) is 13.8. The summed E-state index contributed by atoms with van der Waals surface area (Å²) in [7, 11) is -3.33. The van der Waals surface area contributed by atoms with E-state index in [1.807, 2.05) is 19.1 Å². The van der Waals surface area contributed by atoms with E-state index in [-0.39, 0.29) is 11.6 Å². The van der Waals surface area contributed by atoms with E-state index in [9.17, 15) is 8.42 Å². The van der Waals surface area contributed by atoms with Gasteiger partial charge in [0.2, 0.25) is 10.0 Å². The monoisotopic (exact) mass is 305 g/mol. The lowest BCUT2D eigenvalue weighted by molar-refractivity contribution is 0.429. The van der Waals surface area contributed by atoms with Crippen molar-refractivity contribution in [3.8, 4) is 0 Å². The molecular weight excluding hydrogens is 282 g/mol. The minimum atomic E-state index is -3.33. The van der Waals surface area contributed by atoms with Crippen LogP contribution >= 0.6 is 0 Å². The summed E-state index contributed by atoms with van der Waals surface area (Å²) in [6.45, 7) is 8.77. The van der Waals surface area contributed by atoms with Crippen LogP contribution in [-0.2, 0) is 10.0 Å². The molecule has 0 amide bonds. The molecule has 0 bridgehead atoms. The number of nitrogens with zero attached hydrogens (tertiary/aromatic N) is 1. The third kappa shape index (κ3) is 1.66. The first-order valence-corrected chi connectivity index (χ1v) is 9.24. The number of rotatable bonds is 2. The van der Waals surface area contributed by atoms with Gasteiger partial charge in [-0.15, -0.1) is 0 Å². The van der Waals surface area contributed by atoms with Crippen molar-refractivity contribution < 1.29 is 8.42 Å². The van der Waals surface area contributed by atoms with Gasteiger partial charge < -0.3 is 0 Å². The molecule has 0 radical (unpaired) electrons. The normalized spacial score (nSPS) is 42.9. The number of aryl methyl sites for hydroxylation is 1. The summed E-state index contributed by atoms with van der Waals surface area (Å²) in [6.07, 6.45) is 2.07. The maximum Gasteiger partial charge on any atom is 0.243 e. The smallest absolute Gasteiger partial charge is 0.207 e. The Hall–Kier alpha value is -0.870. The fourth-order valence-electron chi connectivity index (χ4n) is 4.73. The molecule has 3 nitrogen and oxygen atoms in total. The Morgan fingerprint density at radius 1 is 1.10 bits per heavy atom. The topological polar surface area (TPSA) is 37.1 Å². The maximum absolute atomic E-state index is 12.9. The molecule has 0 spiro atoms. The minimum absolute atomic E-state index is 0.140. The molecule has 4 heteroatoms. The molecule has 4 rings (SSSR count). The van der Waals surface area contributed by atoms with Crippen molar-refractivity contribution in [1.82, 2.24) is 4.31 Å². The molecule has 2 aliphatic carbocycles. The lowest BCUT2D eigenvalue weighted by Crippen LogP contribution is -2.22. The molecule has 1 aromatic carbocycles. The van der Waals surface area contributed by atoms with E-state index < -0.39 is 10.0 Å². The summed E-state index contributed by atoms with van der Waals surface area (Å²) >= 11 is 0. The Morgan fingerprint density at radius 3 is 2.29 bits per heavy atom. The molecule has 1 saturated heterocycles. The van der Waals surface area contributed by atoms with Crippen LogP contribution in [0.2, 0.25) is 0 Å². The van der Waals surface area contributed by atoms with Gasteiger partial charge in [-0.05, 0) is 56.1 Å². The molecule has 1 aromatic rings. The minimum Gasteiger partial charge on any atom is -0.207 e. The summed E-state index contributed by atoms with van der Waals surface area (Å²) in [4.78, 5) is 0.441. The molecule has 21 heavy (non-hydrogen) atoms. The van der Waals surface area contributed by atoms with Crippen molar-refractivity contribution in [1.29, 1.82) is 0 Å². The lowest BCUT2D eigenvalue weighted by Gasteiger charge is -2.14. The zero-order chi connectivity index (χ0) is 15.2. The van der Waals surface area contributed by atoms with Crippen molar-refractivity contribution in [2.45, 2.75) is 57.0 Å². The Labute approximate surface area is 127 Å². The van der Waals surface area contributed by atoms with E-state index in [0.717, 1.165) is 18.4 Å². The second-order valence-electron chi connectivity index (χ2n) is 7.96. The van der Waals surface area contributed by atoms with Crippen molar-refractivity contribution in [3.63, 3.8) is 0 Å². The van der Waals surface area contributed by atoms with E-state index in [4.69, 9.17) is 0 Å². The van der Waals surface area contributed by atoms with Gasteiger partial charge in [-0.3, -0.25) is 0 Å². The number of fused-ring (bicyclic) bond motifs is 2. The van der Waals surface area contributed by atoms with Crippen LogP contribution in [-0.4, -0.2) is 24.3 Å². The molecule has 1 heterocycles. The molecule has 0 N–H and O–H groups in total. The van der Waals surface area contributed by atoms with Gasteiger partial charge in [0, 0.05) is 6.04 Å². The van der Waals surface area contributed by atoms with Gasteiger partial charge in [-0.1, -0.05) is 31.5 Å². The summed E-state index contributed by atoms with van der Waals surface area (Å²) < 4.78 is 27.6. The van der Waals surface area contributed by atoms with E-state index >= 15 is 0 Å². The zero-order valence-corrected chi connectivity index (χ0v) is 13.9. The Morgan fingerprint density at radius 2 is 1.71 bits per heavy atom. The quantitative estimate of drug-likeness (QED) is 0.787. The van der Waals surface area contributed by atoms with Gasteiger partial charge in [-0.2, -0.15) is 4.31 Å². The highest BCUT2D eigenvalue weighted by atomic mass is 32.2. The Bertz CT molecular complexity index is 707. The van der Waals surface area contributed by atoms with Gasteiger partial charge in [0.15, 0.2) is 0 Å². The molecule has 114 valence electrons. The summed E-state index contributed by atoms with van der Waals surface area (Å²) in [5, 5.41) is 0. The first-order valence-electron chi connectivity index (χ1n) is 7.80. The van der Waals surface area contributed by atoms with Crippen LogP contribution in [0.25, 0.3) is 0 Å². The molecule has 5 atom stereocenters. The molecule has 1 aliphatic heterocycles. The van der Waals surface area contributed by atoms with Crippen LogP contribution in [0.15, 0.2) is 29.2 Å². The first-order chi connectivity index (χ1) is 9.69.